The monoisotopic (exact) mass is 311 g/mol. The first kappa shape index (κ1) is 20.4. The van der Waals surface area contributed by atoms with E-state index in [1.165, 1.54) is 18.4 Å². The topological polar surface area (TPSA) is 50.9 Å². The molecule has 1 fully saturated rings. The van der Waals surface area contributed by atoms with E-state index in [0.29, 0.717) is 5.92 Å². The van der Waals surface area contributed by atoms with Crippen LogP contribution in [0, 0.1) is 12.8 Å². The number of rotatable bonds is 4. The number of hydrogen-bond acceptors (Lipinski definition) is 4. The molecule has 1 aliphatic heterocycles. The van der Waals surface area contributed by atoms with Gasteiger partial charge >= 0.3 is 0 Å². The van der Waals surface area contributed by atoms with E-state index in [-0.39, 0.29) is 6.04 Å². The van der Waals surface area contributed by atoms with Gasteiger partial charge in [0, 0.05) is 6.20 Å². The summed E-state index contributed by atoms with van der Waals surface area (Å²) in [5.41, 5.74) is 8.35. The molecule has 0 aromatic carbocycles. The number of nitrogens with one attached hydrogen (secondary N) is 1. The van der Waals surface area contributed by atoms with E-state index in [9.17, 15) is 0 Å². The second-order valence-corrected chi connectivity index (χ2v) is 5.56. The molecule has 1 aromatic rings. The predicted molar refractivity (Wildman–Crippen MR) is 97.0 cm³/mol. The van der Waals surface area contributed by atoms with Crippen LogP contribution in [0.15, 0.2) is 18.3 Å². The van der Waals surface area contributed by atoms with Gasteiger partial charge in [0.1, 0.15) is 0 Å². The smallest absolute Gasteiger partial charge is 0.0574 e. The highest BCUT2D eigenvalue weighted by Crippen LogP contribution is 2.22. The van der Waals surface area contributed by atoms with Crippen LogP contribution in [0.3, 0.4) is 0 Å². The normalized spacial score (nSPS) is 18.1. The molecular formula is C17H33N3S. The van der Waals surface area contributed by atoms with Crippen molar-refractivity contribution in [3.05, 3.63) is 29.6 Å². The first-order valence-electron chi connectivity index (χ1n) is 8.18. The summed E-state index contributed by atoms with van der Waals surface area (Å²) in [5, 5.41) is 3.33. The number of nitrogens with two attached hydrogens (primary N) is 1. The molecule has 2 atom stereocenters. The fourth-order valence-corrected chi connectivity index (χ4v) is 2.38. The molecule has 0 bridgehead atoms. The lowest BCUT2D eigenvalue weighted by molar-refractivity contribution is 0.461. The third kappa shape index (κ3) is 8.44. The van der Waals surface area contributed by atoms with E-state index in [4.69, 9.17) is 5.73 Å². The van der Waals surface area contributed by atoms with Crippen LogP contribution in [-0.4, -0.2) is 23.8 Å². The van der Waals surface area contributed by atoms with Crippen molar-refractivity contribution in [1.29, 1.82) is 0 Å². The molecule has 0 radical (unpaired) electrons. The van der Waals surface area contributed by atoms with Crippen LogP contribution in [-0.2, 0) is 0 Å². The quantitative estimate of drug-likeness (QED) is 0.742. The Morgan fingerprint density at radius 2 is 2.14 bits per heavy atom. The van der Waals surface area contributed by atoms with Crippen LogP contribution < -0.4 is 11.1 Å². The highest BCUT2D eigenvalue weighted by atomic mass is 32.1. The Hall–Kier alpha value is -0.580. The lowest BCUT2D eigenvalue weighted by Gasteiger charge is -2.17. The van der Waals surface area contributed by atoms with E-state index in [0.717, 1.165) is 31.0 Å². The van der Waals surface area contributed by atoms with Gasteiger partial charge in [-0.05, 0) is 56.2 Å². The summed E-state index contributed by atoms with van der Waals surface area (Å²) in [6, 6.07) is 4.20. The molecule has 2 heterocycles. The van der Waals surface area contributed by atoms with E-state index in [2.05, 4.69) is 35.9 Å². The van der Waals surface area contributed by atoms with Gasteiger partial charge in [-0.2, -0.15) is 12.6 Å². The Morgan fingerprint density at radius 1 is 1.43 bits per heavy atom. The van der Waals surface area contributed by atoms with Crippen LogP contribution in [0.4, 0.5) is 0 Å². The number of aryl methyl sites for hydroxylation is 1. The molecule has 3 N–H and O–H groups in total. The number of aromatic nitrogens is 1. The molecule has 1 aliphatic rings. The number of pyridine rings is 1. The molecule has 0 aliphatic carbocycles. The van der Waals surface area contributed by atoms with Gasteiger partial charge in [-0.3, -0.25) is 4.98 Å². The van der Waals surface area contributed by atoms with Gasteiger partial charge in [0.05, 0.1) is 11.7 Å². The number of nitrogens with zero attached hydrogens (tertiary/aromatic N) is 1. The summed E-state index contributed by atoms with van der Waals surface area (Å²) in [4.78, 5) is 4.37. The lowest BCUT2D eigenvalue weighted by Crippen LogP contribution is -2.24. The van der Waals surface area contributed by atoms with Crippen LogP contribution >= 0.6 is 12.6 Å². The summed E-state index contributed by atoms with van der Waals surface area (Å²) in [5.74, 6) is 1.58. The second kappa shape index (κ2) is 13.1. The Labute approximate surface area is 136 Å². The van der Waals surface area contributed by atoms with Crippen molar-refractivity contribution >= 4 is 12.6 Å². The van der Waals surface area contributed by atoms with E-state index in [1.54, 1.807) is 0 Å². The Bertz CT molecular complexity index is 332. The van der Waals surface area contributed by atoms with Crippen molar-refractivity contribution in [2.75, 3.05) is 18.8 Å². The summed E-state index contributed by atoms with van der Waals surface area (Å²) in [6.07, 6.45) is 5.57. The molecule has 1 saturated heterocycles. The molecule has 1 aromatic heterocycles. The number of unbranched alkanes of at least 4 members (excludes halogenated alkanes) is 1. The van der Waals surface area contributed by atoms with Crippen molar-refractivity contribution in [2.24, 2.45) is 11.7 Å². The largest absolute Gasteiger partial charge is 0.322 e. The summed E-state index contributed by atoms with van der Waals surface area (Å²) in [6.45, 7) is 10.3. The standard InChI is InChI=1S/C11H17N3.C4H10S.C2H6/c1-8-2-3-10(14-6-8)11(12)9-4-5-13-7-9;1-2-3-4-5;1-2/h2-3,6,9,11,13H,4-5,7,12H2,1H3;5H,2-4H2,1H3;1-2H3. The van der Waals surface area contributed by atoms with Gasteiger partial charge in [0.15, 0.2) is 0 Å². The van der Waals surface area contributed by atoms with Crippen LogP contribution in [0.2, 0.25) is 0 Å². The Kier molecular flexibility index (Phi) is 12.7. The van der Waals surface area contributed by atoms with Crippen molar-refractivity contribution < 1.29 is 0 Å². The number of thiol groups is 1. The molecule has 0 saturated carbocycles. The molecule has 0 amide bonds. The lowest BCUT2D eigenvalue weighted by atomic mass is 9.96. The first-order chi connectivity index (χ1) is 10.2. The summed E-state index contributed by atoms with van der Waals surface area (Å²) < 4.78 is 0. The van der Waals surface area contributed by atoms with Crippen molar-refractivity contribution in [1.82, 2.24) is 10.3 Å². The van der Waals surface area contributed by atoms with Gasteiger partial charge in [-0.15, -0.1) is 0 Å². The Balaban J connectivity index is 0.000000489. The maximum Gasteiger partial charge on any atom is 0.0574 e. The van der Waals surface area contributed by atoms with Gasteiger partial charge in [0.25, 0.3) is 0 Å². The van der Waals surface area contributed by atoms with Crippen LogP contribution in [0.1, 0.15) is 57.3 Å². The van der Waals surface area contributed by atoms with Crippen molar-refractivity contribution in [2.45, 2.75) is 53.0 Å². The molecule has 3 nitrogen and oxygen atoms in total. The Morgan fingerprint density at radius 3 is 2.52 bits per heavy atom. The zero-order chi connectivity index (χ0) is 16.1. The molecule has 2 rings (SSSR count). The number of hydrogen-bond donors (Lipinski definition) is 3. The molecule has 122 valence electrons. The average molecular weight is 312 g/mol. The van der Waals surface area contributed by atoms with Gasteiger partial charge < -0.3 is 11.1 Å². The fourth-order valence-electron chi connectivity index (χ4n) is 2.06. The average Bonchev–Trinajstić information content (AvgIpc) is 3.05. The maximum absolute atomic E-state index is 6.15. The highest BCUT2D eigenvalue weighted by Gasteiger charge is 2.23. The third-order valence-electron chi connectivity index (χ3n) is 3.39. The van der Waals surface area contributed by atoms with E-state index >= 15 is 0 Å². The molecule has 4 heteroatoms. The summed E-state index contributed by atoms with van der Waals surface area (Å²) >= 11 is 4.00. The zero-order valence-corrected chi connectivity index (χ0v) is 15.0. The van der Waals surface area contributed by atoms with Crippen molar-refractivity contribution in [3.8, 4) is 0 Å². The van der Waals surface area contributed by atoms with E-state index < -0.39 is 0 Å². The van der Waals surface area contributed by atoms with Crippen LogP contribution in [0.25, 0.3) is 0 Å². The second-order valence-electron chi connectivity index (χ2n) is 5.12. The minimum atomic E-state index is 0.0885. The van der Waals surface area contributed by atoms with Gasteiger partial charge in [-0.1, -0.05) is 33.3 Å². The van der Waals surface area contributed by atoms with Gasteiger partial charge in [-0.25, -0.2) is 0 Å². The fraction of sp³-hybridized carbons (Fsp3) is 0.706. The SMILES string of the molecule is CC.CCCCS.Cc1ccc(C(N)C2CCNC2)nc1. The maximum atomic E-state index is 6.15. The summed E-state index contributed by atoms with van der Waals surface area (Å²) in [7, 11) is 0. The first-order valence-corrected chi connectivity index (χ1v) is 8.82. The zero-order valence-electron chi connectivity index (χ0n) is 14.1. The van der Waals surface area contributed by atoms with Gasteiger partial charge in [0.2, 0.25) is 0 Å². The molecular weight excluding hydrogens is 278 g/mol. The third-order valence-corrected chi connectivity index (χ3v) is 3.71. The minimum absolute atomic E-state index is 0.0885. The predicted octanol–water partition coefficient (Wildman–Crippen LogP) is 3.74. The highest BCUT2D eigenvalue weighted by molar-refractivity contribution is 7.80. The molecule has 2 unspecified atom stereocenters. The molecule has 0 spiro atoms. The van der Waals surface area contributed by atoms with Crippen molar-refractivity contribution in [3.63, 3.8) is 0 Å². The minimum Gasteiger partial charge on any atom is -0.322 e. The molecule has 21 heavy (non-hydrogen) atoms. The van der Waals surface area contributed by atoms with E-state index in [1.807, 2.05) is 33.0 Å². The van der Waals surface area contributed by atoms with Crippen LogP contribution in [0.5, 0.6) is 0 Å².